The fourth-order valence-electron chi connectivity index (χ4n) is 1.88. The average molecular weight is 183 g/mol. The molecule has 0 spiro atoms. The minimum Gasteiger partial charge on any atom is -0.374 e. The number of nitrogens with zero attached hydrogens (tertiary/aromatic N) is 1. The lowest BCUT2D eigenvalue weighted by Crippen LogP contribution is -2.46. The van der Waals surface area contributed by atoms with Gasteiger partial charge in [0.15, 0.2) is 0 Å². The van der Waals surface area contributed by atoms with Crippen LogP contribution in [0.15, 0.2) is 0 Å². The van der Waals surface area contributed by atoms with Gasteiger partial charge >= 0.3 is 0 Å². The van der Waals surface area contributed by atoms with E-state index in [1.54, 1.807) is 0 Å². The van der Waals surface area contributed by atoms with Crippen molar-refractivity contribution in [3.05, 3.63) is 0 Å². The van der Waals surface area contributed by atoms with E-state index < -0.39 is 0 Å². The molecule has 0 aromatic carbocycles. The lowest BCUT2D eigenvalue weighted by molar-refractivity contribution is -0.139. The molecule has 0 N–H and O–H groups in total. The number of amides is 1. The second kappa shape index (κ2) is 3.66. The van der Waals surface area contributed by atoms with Crippen molar-refractivity contribution in [3.8, 4) is 0 Å². The zero-order valence-corrected chi connectivity index (χ0v) is 8.16. The third-order valence-corrected chi connectivity index (χ3v) is 2.90. The van der Waals surface area contributed by atoms with Crippen molar-refractivity contribution in [2.24, 2.45) is 5.92 Å². The zero-order valence-electron chi connectivity index (χ0n) is 8.16. The summed E-state index contributed by atoms with van der Waals surface area (Å²) in [6.45, 7) is 4.27. The lowest BCUT2D eigenvalue weighted by Gasteiger charge is -2.32. The molecule has 1 aliphatic heterocycles. The molecule has 0 aromatic rings. The van der Waals surface area contributed by atoms with Gasteiger partial charge in [0, 0.05) is 19.5 Å². The monoisotopic (exact) mass is 183 g/mol. The topological polar surface area (TPSA) is 29.5 Å². The van der Waals surface area contributed by atoms with E-state index in [-0.39, 0.29) is 5.91 Å². The van der Waals surface area contributed by atoms with Gasteiger partial charge in [-0.05, 0) is 18.8 Å². The van der Waals surface area contributed by atoms with Crippen molar-refractivity contribution in [3.63, 3.8) is 0 Å². The third-order valence-electron chi connectivity index (χ3n) is 2.90. The maximum atomic E-state index is 11.4. The van der Waals surface area contributed by atoms with Crippen LogP contribution in [0.3, 0.4) is 0 Å². The van der Waals surface area contributed by atoms with E-state index >= 15 is 0 Å². The lowest BCUT2D eigenvalue weighted by atomic mass is 10.2. The van der Waals surface area contributed by atoms with Crippen LogP contribution >= 0.6 is 0 Å². The van der Waals surface area contributed by atoms with Crippen LogP contribution in [0, 0.1) is 5.92 Å². The number of hydrogen-bond donors (Lipinski definition) is 0. The minimum atomic E-state index is 0.272. The summed E-state index contributed by atoms with van der Waals surface area (Å²) in [6, 6.07) is 0. The van der Waals surface area contributed by atoms with Crippen molar-refractivity contribution in [2.45, 2.75) is 32.3 Å². The molecule has 3 heteroatoms. The molecule has 0 aromatic heterocycles. The van der Waals surface area contributed by atoms with Gasteiger partial charge in [-0.1, -0.05) is 6.92 Å². The van der Waals surface area contributed by atoms with Crippen molar-refractivity contribution in [2.75, 3.05) is 19.7 Å². The summed E-state index contributed by atoms with van der Waals surface area (Å²) >= 11 is 0. The largest absolute Gasteiger partial charge is 0.374 e. The van der Waals surface area contributed by atoms with E-state index in [1.165, 1.54) is 12.8 Å². The summed E-state index contributed by atoms with van der Waals surface area (Å²) in [7, 11) is 0. The molecule has 1 aliphatic carbocycles. The highest BCUT2D eigenvalue weighted by atomic mass is 16.5. The Kier molecular flexibility index (Phi) is 2.54. The van der Waals surface area contributed by atoms with Crippen LogP contribution in [-0.4, -0.2) is 36.6 Å². The van der Waals surface area contributed by atoms with Crippen LogP contribution in [0.4, 0.5) is 0 Å². The summed E-state index contributed by atoms with van der Waals surface area (Å²) in [4.78, 5) is 13.4. The van der Waals surface area contributed by atoms with Gasteiger partial charge in [0.1, 0.15) is 0 Å². The van der Waals surface area contributed by atoms with Crippen LogP contribution in [0.25, 0.3) is 0 Å². The first-order valence-electron chi connectivity index (χ1n) is 5.20. The van der Waals surface area contributed by atoms with E-state index in [0.29, 0.717) is 12.5 Å². The van der Waals surface area contributed by atoms with Gasteiger partial charge in [0.2, 0.25) is 5.91 Å². The first kappa shape index (κ1) is 9.00. The van der Waals surface area contributed by atoms with E-state index in [9.17, 15) is 4.79 Å². The van der Waals surface area contributed by atoms with Crippen LogP contribution in [0.1, 0.15) is 26.2 Å². The molecule has 2 rings (SSSR count). The fourth-order valence-corrected chi connectivity index (χ4v) is 1.88. The summed E-state index contributed by atoms with van der Waals surface area (Å²) < 4.78 is 5.63. The molecule has 2 fully saturated rings. The van der Waals surface area contributed by atoms with Gasteiger partial charge in [-0.3, -0.25) is 4.79 Å². The smallest absolute Gasteiger partial charge is 0.222 e. The highest BCUT2D eigenvalue weighted by molar-refractivity contribution is 5.75. The molecular weight excluding hydrogens is 166 g/mol. The number of ether oxygens (including phenoxy) is 1. The van der Waals surface area contributed by atoms with Gasteiger partial charge in [0.25, 0.3) is 0 Å². The van der Waals surface area contributed by atoms with Crippen LogP contribution in [0.2, 0.25) is 0 Å². The average Bonchev–Trinajstić information content (AvgIpc) is 3.00. The predicted molar refractivity (Wildman–Crippen MR) is 49.3 cm³/mol. The number of rotatable bonds is 2. The Labute approximate surface area is 79.0 Å². The van der Waals surface area contributed by atoms with Gasteiger partial charge < -0.3 is 9.64 Å². The van der Waals surface area contributed by atoms with Crippen LogP contribution < -0.4 is 0 Å². The Morgan fingerprint density at radius 1 is 1.54 bits per heavy atom. The van der Waals surface area contributed by atoms with Gasteiger partial charge in [-0.25, -0.2) is 0 Å². The molecule has 1 heterocycles. The summed E-state index contributed by atoms with van der Waals surface area (Å²) in [6.07, 6.45) is 3.54. The molecule has 3 nitrogen and oxygen atoms in total. The Balaban J connectivity index is 1.87. The zero-order chi connectivity index (χ0) is 9.26. The standard InChI is InChI=1S/C10H17NO2/c1-2-10(12)11-5-6-13-9(7-11)8-3-4-8/h8-9H,2-7H2,1H3. The second-order valence-corrected chi connectivity index (χ2v) is 3.94. The molecule has 0 bridgehead atoms. The Bertz CT molecular complexity index is 201. The van der Waals surface area contributed by atoms with Gasteiger partial charge in [-0.2, -0.15) is 0 Å². The number of carbonyl (C=O) groups is 1. The molecule has 13 heavy (non-hydrogen) atoms. The predicted octanol–water partition coefficient (Wildman–Crippen LogP) is 1.03. The molecule has 1 saturated carbocycles. The van der Waals surface area contributed by atoms with Gasteiger partial charge in [0.05, 0.1) is 12.7 Å². The van der Waals surface area contributed by atoms with Crippen molar-refractivity contribution >= 4 is 5.91 Å². The third kappa shape index (κ3) is 2.02. The SMILES string of the molecule is CCC(=O)N1CCOC(C2CC2)C1. The quantitative estimate of drug-likeness (QED) is 0.640. The Hall–Kier alpha value is -0.570. The molecule has 0 radical (unpaired) electrons. The maximum absolute atomic E-state index is 11.4. The normalized spacial score (nSPS) is 29.0. The van der Waals surface area contributed by atoms with Crippen LogP contribution in [-0.2, 0) is 9.53 Å². The van der Waals surface area contributed by atoms with E-state index in [4.69, 9.17) is 4.74 Å². The Morgan fingerprint density at radius 3 is 2.92 bits per heavy atom. The highest BCUT2D eigenvalue weighted by Crippen LogP contribution is 2.35. The highest BCUT2D eigenvalue weighted by Gasteiger charge is 2.35. The second-order valence-electron chi connectivity index (χ2n) is 3.94. The molecular formula is C10H17NO2. The molecule has 74 valence electrons. The summed E-state index contributed by atoms with van der Waals surface area (Å²) in [5.41, 5.74) is 0. The molecule has 2 aliphatic rings. The summed E-state index contributed by atoms with van der Waals surface area (Å²) in [5, 5.41) is 0. The van der Waals surface area contributed by atoms with Gasteiger partial charge in [-0.15, -0.1) is 0 Å². The molecule has 1 saturated heterocycles. The van der Waals surface area contributed by atoms with Crippen molar-refractivity contribution < 1.29 is 9.53 Å². The first-order chi connectivity index (χ1) is 6.31. The first-order valence-corrected chi connectivity index (χ1v) is 5.20. The Morgan fingerprint density at radius 2 is 2.31 bits per heavy atom. The number of morpholine rings is 1. The number of hydrogen-bond acceptors (Lipinski definition) is 2. The van der Waals surface area contributed by atoms with E-state index in [1.807, 2.05) is 11.8 Å². The maximum Gasteiger partial charge on any atom is 0.222 e. The van der Waals surface area contributed by atoms with Crippen LogP contribution in [0.5, 0.6) is 0 Å². The fraction of sp³-hybridized carbons (Fsp3) is 0.900. The number of carbonyl (C=O) groups excluding carboxylic acids is 1. The minimum absolute atomic E-state index is 0.272. The molecule has 1 unspecified atom stereocenters. The van der Waals surface area contributed by atoms with E-state index in [0.717, 1.165) is 25.6 Å². The molecule has 1 amide bonds. The van der Waals surface area contributed by atoms with E-state index in [2.05, 4.69) is 0 Å². The summed E-state index contributed by atoms with van der Waals surface area (Å²) in [5.74, 6) is 1.02. The molecule has 1 atom stereocenters. The van der Waals surface area contributed by atoms with Crippen molar-refractivity contribution in [1.29, 1.82) is 0 Å². The van der Waals surface area contributed by atoms with Crippen molar-refractivity contribution in [1.82, 2.24) is 4.90 Å².